The molecule has 0 radical (unpaired) electrons. The van der Waals surface area contributed by atoms with E-state index >= 15 is 0 Å². The number of hydrogen-bond acceptors (Lipinski definition) is 7. The van der Waals surface area contributed by atoms with E-state index in [1.807, 2.05) is 45.9 Å². The van der Waals surface area contributed by atoms with Gasteiger partial charge in [0.25, 0.3) is 0 Å². The molecule has 1 heterocycles. The number of hydrogen-bond donors (Lipinski definition) is 1. The van der Waals surface area contributed by atoms with Crippen LogP contribution in [0.2, 0.25) is 0 Å². The number of benzene rings is 2. The fraction of sp³-hybridized carbons (Fsp3) is 0.423. The topological polar surface area (TPSA) is 94.9 Å². The van der Waals surface area contributed by atoms with E-state index in [-0.39, 0.29) is 18.5 Å². The Balaban J connectivity index is 2.02. The monoisotopic (exact) mass is 451 g/mol. The minimum atomic E-state index is -0.616. The Morgan fingerprint density at radius 3 is 2.33 bits per heavy atom. The number of rotatable bonds is 5. The molecule has 3 atom stereocenters. The summed E-state index contributed by atoms with van der Waals surface area (Å²) in [5.41, 5.74) is 2.38. The van der Waals surface area contributed by atoms with Crippen molar-refractivity contribution in [1.29, 1.82) is 5.41 Å². The minimum absolute atomic E-state index is 0.0514. The normalized spacial score (nSPS) is 21.4. The predicted octanol–water partition coefficient (Wildman–Crippen LogP) is 4.63. The Labute approximate surface area is 193 Å². The lowest BCUT2D eigenvalue weighted by molar-refractivity contribution is -0.131. The molecule has 2 aliphatic rings. The van der Waals surface area contributed by atoms with Crippen LogP contribution in [-0.2, 0) is 4.79 Å². The molecular formula is C26H29NO6. The average Bonchev–Trinajstić information content (AvgIpc) is 3.25. The summed E-state index contributed by atoms with van der Waals surface area (Å²) < 4.78 is 22.1. The second-order valence-corrected chi connectivity index (χ2v) is 9.58. The Bertz CT molecular complexity index is 1150. The molecule has 0 aromatic heterocycles. The molecule has 1 N–H and O–H groups in total. The molecule has 0 amide bonds. The average molecular weight is 452 g/mol. The first-order chi connectivity index (χ1) is 15.6. The largest absolute Gasteiger partial charge is 0.493 e. The van der Waals surface area contributed by atoms with Crippen molar-refractivity contribution in [3.05, 3.63) is 46.5 Å². The van der Waals surface area contributed by atoms with E-state index in [4.69, 9.17) is 24.4 Å². The summed E-state index contributed by atoms with van der Waals surface area (Å²) in [6.07, 6.45) is 0.723. The highest BCUT2D eigenvalue weighted by Gasteiger charge is 2.46. The molecule has 0 saturated heterocycles. The molecule has 2 aromatic rings. The van der Waals surface area contributed by atoms with Gasteiger partial charge in [0, 0.05) is 34.4 Å². The van der Waals surface area contributed by atoms with Crippen LogP contribution in [0.5, 0.6) is 23.0 Å². The molecule has 0 fully saturated rings. The van der Waals surface area contributed by atoms with E-state index in [0.717, 1.165) is 23.0 Å². The third kappa shape index (κ3) is 3.65. The van der Waals surface area contributed by atoms with Crippen molar-refractivity contribution in [2.24, 2.45) is 17.3 Å². The number of Topliss-reactive ketones (excluding diaryl/α,β-unsaturated/α-hetero) is 1. The fourth-order valence-electron chi connectivity index (χ4n) is 4.90. The number of aldehydes is 1. The molecule has 0 unspecified atom stereocenters. The van der Waals surface area contributed by atoms with Gasteiger partial charge >= 0.3 is 0 Å². The van der Waals surface area contributed by atoms with Gasteiger partial charge in [0.05, 0.1) is 19.8 Å². The quantitative estimate of drug-likeness (QED) is 0.666. The maximum atomic E-state index is 13.8. The number of carbonyl (C=O) groups is 2. The zero-order valence-electron chi connectivity index (χ0n) is 19.8. The highest BCUT2D eigenvalue weighted by atomic mass is 16.7. The second-order valence-electron chi connectivity index (χ2n) is 9.58. The molecule has 0 saturated carbocycles. The van der Waals surface area contributed by atoms with Crippen LogP contribution < -0.4 is 18.9 Å². The first-order valence-electron chi connectivity index (χ1n) is 10.9. The number of methoxy groups -OCH3 is 2. The third-order valence-corrected chi connectivity index (χ3v) is 6.58. The zero-order chi connectivity index (χ0) is 24.1. The van der Waals surface area contributed by atoms with Gasteiger partial charge in [-0.25, -0.2) is 0 Å². The zero-order valence-corrected chi connectivity index (χ0v) is 19.8. The molecule has 0 spiro atoms. The predicted molar refractivity (Wildman–Crippen MR) is 123 cm³/mol. The number of fused-ring (bicyclic) bond motifs is 2. The van der Waals surface area contributed by atoms with Gasteiger partial charge in [-0.3, -0.25) is 9.59 Å². The molecular weight excluding hydrogens is 422 g/mol. The summed E-state index contributed by atoms with van der Waals surface area (Å²) in [6, 6.07) is 7.25. The SMILES string of the molecule is COc1cc([C@@H]2c3cc4c(cc3C(=N)[C@@H](C)[C@@H]2C(=O)C(C)(C)C)OCO4)cc(C=O)c1OC. The van der Waals surface area contributed by atoms with Crippen molar-refractivity contribution in [1.82, 2.24) is 0 Å². The maximum Gasteiger partial charge on any atom is 0.231 e. The summed E-state index contributed by atoms with van der Waals surface area (Å²) in [7, 11) is 3.00. The third-order valence-electron chi connectivity index (χ3n) is 6.58. The van der Waals surface area contributed by atoms with Gasteiger partial charge in [-0.05, 0) is 35.4 Å². The van der Waals surface area contributed by atoms with E-state index in [1.165, 1.54) is 14.2 Å². The molecule has 1 aliphatic heterocycles. The summed E-state index contributed by atoms with van der Waals surface area (Å²) in [6.45, 7) is 7.70. The Morgan fingerprint density at radius 1 is 1.09 bits per heavy atom. The highest BCUT2D eigenvalue weighted by molar-refractivity contribution is 6.07. The Hall–Kier alpha value is -3.35. The van der Waals surface area contributed by atoms with Gasteiger partial charge in [-0.15, -0.1) is 0 Å². The first-order valence-corrected chi connectivity index (χ1v) is 10.9. The first kappa shape index (κ1) is 22.8. The van der Waals surface area contributed by atoms with Crippen LogP contribution >= 0.6 is 0 Å². The van der Waals surface area contributed by atoms with E-state index in [0.29, 0.717) is 34.3 Å². The lowest BCUT2D eigenvalue weighted by Crippen LogP contribution is -2.43. The number of carbonyl (C=O) groups excluding carboxylic acids is 2. The molecule has 2 aromatic carbocycles. The van der Waals surface area contributed by atoms with Crippen LogP contribution in [0.25, 0.3) is 0 Å². The van der Waals surface area contributed by atoms with Crippen LogP contribution in [0.4, 0.5) is 0 Å². The summed E-state index contributed by atoms with van der Waals surface area (Å²) in [5.74, 6) is 0.710. The van der Waals surface area contributed by atoms with Crippen LogP contribution in [0.15, 0.2) is 24.3 Å². The van der Waals surface area contributed by atoms with Crippen molar-refractivity contribution in [2.45, 2.75) is 33.6 Å². The molecule has 174 valence electrons. The standard InChI is InChI=1S/C26H29NO6/c1-13-21(25(29)26(2,3)4)22(14-7-15(11-28)24(31-6)20(8-14)30-5)16-9-18-19(33-12-32-18)10-17(16)23(13)27/h7-11,13,21-22,27H,12H2,1-6H3/t13-,21-,22+/m0/s1. The lowest BCUT2D eigenvalue weighted by Gasteiger charge is -2.41. The van der Waals surface area contributed by atoms with Crippen molar-refractivity contribution < 1.29 is 28.5 Å². The molecule has 0 bridgehead atoms. The van der Waals surface area contributed by atoms with Gasteiger partial charge in [-0.2, -0.15) is 0 Å². The number of ether oxygens (including phenoxy) is 4. The van der Waals surface area contributed by atoms with Crippen LogP contribution in [-0.4, -0.2) is 38.8 Å². The summed E-state index contributed by atoms with van der Waals surface area (Å²) in [4.78, 5) is 25.7. The highest BCUT2D eigenvalue weighted by Crippen LogP contribution is 2.51. The van der Waals surface area contributed by atoms with Gasteiger partial charge in [0.1, 0.15) is 5.78 Å². The lowest BCUT2D eigenvalue weighted by atomic mass is 9.61. The van der Waals surface area contributed by atoms with Crippen LogP contribution in [0, 0.1) is 22.7 Å². The van der Waals surface area contributed by atoms with Gasteiger partial charge in [0.2, 0.25) is 6.79 Å². The summed E-state index contributed by atoms with van der Waals surface area (Å²) >= 11 is 0. The molecule has 4 rings (SSSR count). The van der Waals surface area contributed by atoms with Crippen LogP contribution in [0.1, 0.15) is 60.7 Å². The van der Waals surface area contributed by atoms with E-state index in [2.05, 4.69) is 0 Å². The van der Waals surface area contributed by atoms with Crippen molar-refractivity contribution in [2.75, 3.05) is 21.0 Å². The second kappa shape index (κ2) is 8.21. The maximum absolute atomic E-state index is 13.8. The fourth-order valence-corrected chi connectivity index (χ4v) is 4.90. The number of nitrogens with one attached hydrogen (secondary N) is 1. The summed E-state index contributed by atoms with van der Waals surface area (Å²) in [5, 5.41) is 8.89. The van der Waals surface area contributed by atoms with E-state index < -0.39 is 17.3 Å². The van der Waals surface area contributed by atoms with E-state index in [1.54, 1.807) is 6.07 Å². The van der Waals surface area contributed by atoms with Crippen molar-refractivity contribution in [3.63, 3.8) is 0 Å². The van der Waals surface area contributed by atoms with Crippen molar-refractivity contribution in [3.8, 4) is 23.0 Å². The van der Waals surface area contributed by atoms with Gasteiger partial charge in [-0.1, -0.05) is 27.7 Å². The van der Waals surface area contributed by atoms with E-state index in [9.17, 15) is 9.59 Å². The molecule has 33 heavy (non-hydrogen) atoms. The van der Waals surface area contributed by atoms with Crippen LogP contribution in [0.3, 0.4) is 0 Å². The molecule has 7 nitrogen and oxygen atoms in total. The number of ketones is 1. The van der Waals surface area contributed by atoms with Gasteiger partial charge < -0.3 is 24.4 Å². The van der Waals surface area contributed by atoms with Crippen molar-refractivity contribution >= 4 is 17.8 Å². The Kier molecular flexibility index (Phi) is 5.68. The van der Waals surface area contributed by atoms with Gasteiger partial charge in [0.15, 0.2) is 29.3 Å². The molecule has 7 heteroatoms. The Morgan fingerprint density at radius 2 is 1.76 bits per heavy atom. The minimum Gasteiger partial charge on any atom is -0.493 e. The smallest absolute Gasteiger partial charge is 0.231 e. The molecule has 1 aliphatic carbocycles.